The van der Waals surface area contributed by atoms with Gasteiger partial charge in [0, 0.05) is 6.07 Å². The first-order valence-electron chi connectivity index (χ1n) is 6.33. The van der Waals surface area contributed by atoms with Crippen LogP contribution in [-0.4, -0.2) is 35.1 Å². The number of aromatic nitrogens is 1. The SMILES string of the molecule is CCOC(=O)C(C)(C(=O)OCC)c1ccc([N+](=O)[O-])cn1. The van der Waals surface area contributed by atoms with Crippen molar-refractivity contribution < 1.29 is 24.0 Å². The molecule has 1 rings (SSSR count). The Balaban J connectivity index is 3.26. The first-order valence-corrected chi connectivity index (χ1v) is 6.33. The number of esters is 2. The molecule has 0 atom stereocenters. The lowest BCUT2D eigenvalue weighted by Gasteiger charge is -2.24. The van der Waals surface area contributed by atoms with Gasteiger partial charge < -0.3 is 9.47 Å². The zero-order valence-electron chi connectivity index (χ0n) is 12.0. The van der Waals surface area contributed by atoms with Gasteiger partial charge in [-0.2, -0.15) is 0 Å². The molecule has 0 aliphatic carbocycles. The summed E-state index contributed by atoms with van der Waals surface area (Å²) in [6, 6.07) is 2.41. The van der Waals surface area contributed by atoms with Gasteiger partial charge in [0.2, 0.25) is 5.41 Å². The number of rotatable bonds is 6. The predicted octanol–water partition coefficient (Wildman–Crippen LogP) is 1.37. The van der Waals surface area contributed by atoms with Gasteiger partial charge in [0.1, 0.15) is 6.20 Å². The summed E-state index contributed by atoms with van der Waals surface area (Å²) in [6.07, 6.45) is 0.978. The molecular weight excluding hydrogens is 280 g/mol. The van der Waals surface area contributed by atoms with Gasteiger partial charge in [0.25, 0.3) is 5.69 Å². The van der Waals surface area contributed by atoms with Crippen LogP contribution in [0.15, 0.2) is 18.3 Å². The Morgan fingerprint density at radius 1 is 1.24 bits per heavy atom. The minimum absolute atomic E-state index is 0.0324. The Kier molecular flexibility index (Phi) is 5.34. The van der Waals surface area contributed by atoms with Gasteiger partial charge in [-0.15, -0.1) is 0 Å². The number of carbonyl (C=O) groups is 2. The minimum Gasteiger partial charge on any atom is -0.465 e. The molecule has 21 heavy (non-hydrogen) atoms. The Morgan fingerprint density at radius 2 is 1.76 bits per heavy atom. The molecule has 8 heteroatoms. The lowest BCUT2D eigenvalue weighted by Crippen LogP contribution is -2.44. The highest BCUT2D eigenvalue weighted by molar-refractivity contribution is 6.05. The summed E-state index contributed by atoms with van der Waals surface area (Å²) in [5.74, 6) is -1.63. The molecule has 0 saturated heterocycles. The van der Waals surface area contributed by atoms with Gasteiger partial charge in [-0.25, -0.2) is 0 Å². The van der Waals surface area contributed by atoms with Crippen molar-refractivity contribution in [1.29, 1.82) is 0 Å². The van der Waals surface area contributed by atoms with Crippen LogP contribution in [0.3, 0.4) is 0 Å². The molecule has 1 aromatic heterocycles. The molecule has 114 valence electrons. The largest absolute Gasteiger partial charge is 0.465 e. The summed E-state index contributed by atoms with van der Waals surface area (Å²) in [4.78, 5) is 38.0. The van der Waals surface area contributed by atoms with Crippen molar-refractivity contribution in [3.8, 4) is 0 Å². The second kappa shape index (κ2) is 6.78. The standard InChI is InChI=1S/C13H16N2O6/c1-4-20-11(16)13(3,12(17)21-5-2)10-7-6-9(8-14-10)15(18)19/h6-8H,4-5H2,1-3H3. The smallest absolute Gasteiger partial charge is 0.329 e. The molecule has 0 saturated carbocycles. The fraction of sp³-hybridized carbons (Fsp3) is 0.462. The van der Waals surface area contributed by atoms with Gasteiger partial charge in [-0.05, 0) is 26.8 Å². The van der Waals surface area contributed by atoms with E-state index in [1.807, 2.05) is 0 Å². The van der Waals surface area contributed by atoms with E-state index in [2.05, 4.69) is 4.98 Å². The number of hydrogen-bond acceptors (Lipinski definition) is 7. The van der Waals surface area contributed by atoms with E-state index in [1.54, 1.807) is 13.8 Å². The lowest BCUT2D eigenvalue weighted by molar-refractivity contribution is -0.385. The number of nitrogens with zero attached hydrogens (tertiary/aromatic N) is 2. The van der Waals surface area contributed by atoms with Crippen LogP contribution in [0.25, 0.3) is 0 Å². The van der Waals surface area contributed by atoms with Crippen LogP contribution < -0.4 is 0 Å². The molecule has 0 spiro atoms. The molecule has 0 amide bonds. The first kappa shape index (κ1) is 16.5. The minimum atomic E-state index is -1.76. The number of hydrogen-bond donors (Lipinski definition) is 0. The molecule has 8 nitrogen and oxygen atoms in total. The van der Waals surface area contributed by atoms with Crippen molar-refractivity contribution in [3.05, 3.63) is 34.1 Å². The van der Waals surface area contributed by atoms with Crippen molar-refractivity contribution in [2.75, 3.05) is 13.2 Å². The van der Waals surface area contributed by atoms with Crippen LogP contribution in [0.4, 0.5) is 5.69 Å². The van der Waals surface area contributed by atoms with Crippen LogP contribution in [0.5, 0.6) is 0 Å². The fourth-order valence-electron chi connectivity index (χ4n) is 1.63. The van der Waals surface area contributed by atoms with Crippen LogP contribution >= 0.6 is 0 Å². The summed E-state index contributed by atoms with van der Waals surface area (Å²) in [7, 11) is 0. The van der Waals surface area contributed by atoms with E-state index >= 15 is 0 Å². The molecule has 0 N–H and O–H groups in total. The van der Waals surface area contributed by atoms with Crippen molar-refractivity contribution >= 4 is 17.6 Å². The highest BCUT2D eigenvalue weighted by Crippen LogP contribution is 2.27. The van der Waals surface area contributed by atoms with Gasteiger partial charge in [0.15, 0.2) is 0 Å². The summed E-state index contributed by atoms with van der Waals surface area (Å²) in [5, 5.41) is 10.6. The highest BCUT2D eigenvalue weighted by Gasteiger charge is 2.47. The molecule has 0 aliphatic heterocycles. The van der Waals surface area contributed by atoms with Gasteiger partial charge in [-0.3, -0.25) is 24.7 Å². The second-order valence-corrected chi connectivity index (χ2v) is 4.22. The van der Waals surface area contributed by atoms with Crippen molar-refractivity contribution in [2.45, 2.75) is 26.2 Å². The quantitative estimate of drug-likeness (QED) is 0.337. The van der Waals surface area contributed by atoms with Crippen LogP contribution in [0, 0.1) is 10.1 Å². The first-order chi connectivity index (χ1) is 9.87. The van der Waals surface area contributed by atoms with Crippen molar-refractivity contribution in [3.63, 3.8) is 0 Å². The van der Waals surface area contributed by atoms with Crippen LogP contribution in [0.1, 0.15) is 26.5 Å². The summed E-state index contributed by atoms with van der Waals surface area (Å²) >= 11 is 0. The van der Waals surface area contributed by atoms with E-state index in [0.717, 1.165) is 6.20 Å². The van der Waals surface area contributed by atoms with Crippen LogP contribution in [0.2, 0.25) is 0 Å². The Labute approximate surface area is 121 Å². The third-order valence-corrected chi connectivity index (χ3v) is 2.84. The number of carbonyl (C=O) groups excluding carboxylic acids is 2. The van der Waals surface area contributed by atoms with E-state index < -0.39 is 22.3 Å². The molecule has 0 aliphatic rings. The van der Waals surface area contributed by atoms with E-state index in [4.69, 9.17) is 9.47 Å². The topological polar surface area (TPSA) is 109 Å². The summed E-state index contributed by atoms with van der Waals surface area (Å²) in [5.41, 5.74) is -1.97. The van der Waals surface area contributed by atoms with Gasteiger partial charge >= 0.3 is 11.9 Å². The zero-order chi connectivity index (χ0) is 16.0. The maximum Gasteiger partial charge on any atom is 0.329 e. The lowest BCUT2D eigenvalue weighted by atomic mass is 9.86. The molecular formula is C13H16N2O6. The Morgan fingerprint density at radius 3 is 2.10 bits per heavy atom. The summed E-state index contributed by atoms with van der Waals surface area (Å²) in [6.45, 7) is 4.69. The monoisotopic (exact) mass is 296 g/mol. The average Bonchev–Trinajstić information content (AvgIpc) is 2.46. The Bertz CT molecular complexity index is 522. The third-order valence-electron chi connectivity index (χ3n) is 2.84. The normalized spacial score (nSPS) is 10.8. The van der Waals surface area contributed by atoms with E-state index in [9.17, 15) is 19.7 Å². The Hall–Kier alpha value is -2.51. The van der Waals surface area contributed by atoms with E-state index in [1.165, 1.54) is 19.1 Å². The third kappa shape index (κ3) is 3.33. The molecule has 0 aromatic carbocycles. The number of nitro groups is 1. The molecule has 0 fully saturated rings. The van der Waals surface area contributed by atoms with Crippen molar-refractivity contribution in [2.24, 2.45) is 0 Å². The number of pyridine rings is 1. The fourth-order valence-corrected chi connectivity index (χ4v) is 1.63. The average molecular weight is 296 g/mol. The highest BCUT2D eigenvalue weighted by atomic mass is 16.6. The summed E-state index contributed by atoms with van der Waals surface area (Å²) < 4.78 is 9.79. The maximum absolute atomic E-state index is 12.1. The second-order valence-electron chi connectivity index (χ2n) is 4.22. The molecule has 0 bridgehead atoms. The van der Waals surface area contributed by atoms with Crippen LogP contribution in [-0.2, 0) is 24.5 Å². The predicted molar refractivity (Wildman–Crippen MR) is 71.5 cm³/mol. The van der Waals surface area contributed by atoms with E-state index in [0.29, 0.717) is 0 Å². The van der Waals surface area contributed by atoms with Gasteiger partial charge in [-0.1, -0.05) is 0 Å². The molecule has 0 radical (unpaired) electrons. The van der Waals surface area contributed by atoms with Gasteiger partial charge in [0.05, 0.1) is 23.8 Å². The number of ether oxygens (including phenoxy) is 2. The van der Waals surface area contributed by atoms with Crippen molar-refractivity contribution in [1.82, 2.24) is 4.98 Å². The maximum atomic E-state index is 12.1. The van der Waals surface area contributed by atoms with E-state index in [-0.39, 0.29) is 24.6 Å². The molecule has 1 heterocycles. The zero-order valence-corrected chi connectivity index (χ0v) is 12.0. The molecule has 0 unspecified atom stereocenters. The molecule has 1 aromatic rings.